The quantitative estimate of drug-likeness (QED) is 0.126. The van der Waals surface area contributed by atoms with Crippen LogP contribution in [-0.4, -0.2) is 0 Å². The van der Waals surface area contributed by atoms with E-state index in [1.54, 1.807) is 0 Å². The highest BCUT2D eigenvalue weighted by Gasteiger charge is 2.39. The van der Waals surface area contributed by atoms with Crippen molar-refractivity contribution in [1.82, 2.24) is 0 Å². The number of hydrogen-bond donors (Lipinski definition) is 0. The number of aryl methyl sites for hydroxylation is 4. The average molecular weight is 1020 g/mol. The summed E-state index contributed by atoms with van der Waals surface area (Å²) in [4.78, 5) is 4.79. The second kappa shape index (κ2) is 18.7. The Morgan fingerprint density at radius 3 is 0.785 bits per heavy atom. The summed E-state index contributed by atoms with van der Waals surface area (Å²) in [6, 6.07) is 77.6. The van der Waals surface area contributed by atoms with Gasteiger partial charge in [-0.1, -0.05) is 210 Å². The van der Waals surface area contributed by atoms with Crippen molar-refractivity contribution in [2.75, 3.05) is 9.80 Å². The van der Waals surface area contributed by atoms with Crippen molar-refractivity contribution in [3.63, 3.8) is 0 Å². The first-order chi connectivity index (χ1) is 38.0. The Kier molecular flexibility index (Phi) is 11.8. The van der Waals surface area contributed by atoms with Gasteiger partial charge >= 0.3 is 0 Å². The lowest BCUT2D eigenvalue weighted by Crippen LogP contribution is -2.16. The molecule has 10 aromatic carbocycles. The third-order valence-electron chi connectivity index (χ3n) is 17.6. The lowest BCUT2D eigenvalue weighted by Gasteiger charge is -2.28. The van der Waals surface area contributed by atoms with Crippen molar-refractivity contribution in [2.45, 2.75) is 85.5 Å². The second-order valence-corrected chi connectivity index (χ2v) is 24.2. The zero-order chi connectivity index (χ0) is 54.5. The molecule has 3 aliphatic carbocycles. The van der Waals surface area contributed by atoms with Crippen LogP contribution in [0.1, 0.15) is 119 Å². The van der Waals surface area contributed by atoms with Crippen molar-refractivity contribution in [3.8, 4) is 33.4 Å². The molecule has 0 unspecified atom stereocenters. The van der Waals surface area contributed by atoms with Gasteiger partial charge in [0.1, 0.15) is 0 Å². The van der Waals surface area contributed by atoms with Crippen molar-refractivity contribution in [1.29, 1.82) is 0 Å². The van der Waals surface area contributed by atoms with Crippen molar-refractivity contribution >= 4 is 58.4 Å². The number of hydrogen-bond acceptors (Lipinski definition) is 2. The molecule has 0 radical (unpaired) electrons. The predicted octanol–water partition coefficient (Wildman–Crippen LogP) is 21.1. The molecule has 386 valence electrons. The summed E-state index contributed by atoms with van der Waals surface area (Å²) in [5.41, 5.74) is 32.5. The zero-order valence-corrected chi connectivity index (χ0v) is 47.3. The van der Waals surface area contributed by atoms with E-state index in [9.17, 15) is 0 Å². The van der Waals surface area contributed by atoms with Crippen LogP contribution in [-0.2, 0) is 16.2 Å². The molecule has 2 nitrogen and oxygen atoms in total. The van der Waals surface area contributed by atoms with Crippen LogP contribution < -0.4 is 9.80 Å². The van der Waals surface area contributed by atoms with E-state index in [1.165, 1.54) is 134 Å². The SMILES string of the molecule is Cc1ccc(N(c2cccc(C)c2)c2ccc3c(c2)C(C)(C)c2cc(/C=C/c4ccc5c(c4)C(C)(C)c4cc(/C=C/c6ccc7c(c6)C(C)(C)c6cc(N(c8ccc(C)cc8)c8cccc(C)c8)ccc6-7)ccc4-5)ccc2-3)cc1. The van der Waals surface area contributed by atoms with Crippen molar-refractivity contribution in [3.05, 3.63) is 284 Å². The summed E-state index contributed by atoms with van der Waals surface area (Å²) in [5.74, 6) is 0. The molecule has 0 saturated heterocycles. The van der Waals surface area contributed by atoms with E-state index in [-0.39, 0.29) is 16.2 Å². The molecule has 3 aliphatic rings. The first kappa shape index (κ1) is 49.8. The topological polar surface area (TPSA) is 6.48 Å². The van der Waals surface area contributed by atoms with Gasteiger partial charge in [-0.25, -0.2) is 0 Å². The van der Waals surface area contributed by atoms with Gasteiger partial charge in [0.25, 0.3) is 0 Å². The van der Waals surface area contributed by atoms with Gasteiger partial charge in [0.2, 0.25) is 0 Å². The smallest absolute Gasteiger partial charge is 0.0465 e. The summed E-state index contributed by atoms with van der Waals surface area (Å²) >= 11 is 0. The fraction of sp³-hybridized carbons (Fsp3) is 0.169. The van der Waals surface area contributed by atoms with Crippen molar-refractivity contribution in [2.24, 2.45) is 0 Å². The van der Waals surface area contributed by atoms with Crippen LogP contribution in [0.4, 0.5) is 34.1 Å². The Hall–Kier alpha value is -8.72. The van der Waals surface area contributed by atoms with E-state index in [4.69, 9.17) is 0 Å². The zero-order valence-electron chi connectivity index (χ0n) is 47.3. The highest BCUT2D eigenvalue weighted by atomic mass is 15.1. The van der Waals surface area contributed by atoms with Gasteiger partial charge in [0.15, 0.2) is 0 Å². The molecule has 0 aromatic heterocycles. The number of benzene rings is 10. The van der Waals surface area contributed by atoms with Crippen LogP contribution in [0.3, 0.4) is 0 Å². The Morgan fingerprint density at radius 1 is 0.241 bits per heavy atom. The van der Waals surface area contributed by atoms with E-state index in [0.717, 1.165) is 11.4 Å². The van der Waals surface area contributed by atoms with E-state index >= 15 is 0 Å². The molecule has 2 heteroatoms. The summed E-state index contributed by atoms with van der Waals surface area (Å²) < 4.78 is 0. The molecule has 0 atom stereocenters. The molecule has 10 aromatic rings. The fourth-order valence-corrected chi connectivity index (χ4v) is 13.2. The monoisotopic (exact) mass is 1020 g/mol. The Bertz CT molecular complexity index is 3870. The standard InChI is InChI=1S/C77H68N2/c1-49-17-29-57(30-18-49)78(59-15-11-13-51(3)41-59)61-33-39-67-65-37-27-55(45-71(65)76(7,8)73(67)47-61)23-21-53-25-35-63-64-36-26-54(44-70(64)75(5,6)69(63)43-53)22-24-56-28-38-66-68-40-34-62(48-74(68)77(9,10)72(66)46-56)79(58-31-19-50(2)20-32-58)60-16-12-14-52(4)42-60/h11-48H,1-10H3/b23-21+,24-22+. The van der Waals surface area contributed by atoms with E-state index in [2.05, 4.69) is 310 Å². The summed E-state index contributed by atoms with van der Waals surface area (Å²) in [6.07, 6.45) is 9.18. The number of anilines is 6. The third kappa shape index (κ3) is 8.57. The largest absolute Gasteiger partial charge is 0.310 e. The molecule has 0 aliphatic heterocycles. The lowest BCUT2D eigenvalue weighted by atomic mass is 9.81. The first-order valence-corrected chi connectivity index (χ1v) is 28.1. The van der Waals surface area contributed by atoms with Crippen LogP contribution >= 0.6 is 0 Å². The van der Waals surface area contributed by atoms with Gasteiger partial charge in [0.05, 0.1) is 0 Å². The number of rotatable bonds is 10. The molecule has 0 fully saturated rings. The van der Waals surface area contributed by atoms with E-state index in [0.29, 0.717) is 0 Å². The molecular formula is C77H68N2. The number of fused-ring (bicyclic) bond motifs is 9. The minimum absolute atomic E-state index is 0.147. The maximum atomic E-state index is 2.42. The maximum absolute atomic E-state index is 2.42. The highest BCUT2D eigenvalue weighted by Crippen LogP contribution is 2.54. The Morgan fingerprint density at radius 2 is 0.494 bits per heavy atom. The fourth-order valence-electron chi connectivity index (χ4n) is 13.2. The van der Waals surface area contributed by atoms with Gasteiger partial charge in [-0.15, -0.1) is 0 Å². The normalized spacial score (nSPS) is 14.7. The van der Waals surface area contributed by atoms with Gasteiger partial charge in [-0.2, -0.15) is 0 Å². The molecule has 0 amide bonds. The van der Waals surface area contributed by atoms with E-state index in [1.807, 2.05) is 0 Å². The van der Waals surface area contributed by atoms with Gasteiger partial charge < -0.3 is 9.80 Å². The number of nitrogens with zero attached hydrogens (tertiary/aromatic N) is 2. The maximum Gasteiger partial charge on any atom is 0.0465 e. The van der Waals surface area contributed by atoms with Crippen LogP contribution in [0.25, 0.3) is 57.7 Å². The van der Waals surface area contributed by atoms with Gasteiger partial charge in [-0.3, -0.25) is 0 Å². The minimum atomic E-state index is -0.169. The van der Waals surface area contributed by atoms with Gasteiger partial charge in [0, 0.05) is 50.4 Å². The van der Waals surface area contributed by atoms with Gasteiger partial charge in [-0.05, 0) is 201 Å². The van der Waals surface area contributed by atoms with Crippen LogP contribution in [0.15, 0.2) is 206 Å². The third-order valence-corrected chi connectivity index (χ3v) is 17.6. The summed E-state index contributed by atoms with van der Waals surface area (Å²) in [5, 5.41) is 0. The predicted molar refractivity (Wildman–Crippen MR) is 338 cm³/mol. The molecule has 0 spiro atoms. The summed E-state index contributed by atoms with van der Waals surface area (Å²) in [6.45, 7) is 22.9. The van der Waals surface area contributed by atoms with Crippen molar-refractivity contribution < 1.29 is 0 Å². The first-order valence-electron chi connectivity index (χ1n) is 28.1. The lowest BCUT2D eigenvalue weighted by molar-refractivity contribution is 0.660. The molecular weight excluding hydrogens is 953 g/mol. The Labute approximate surface area is 468 Å². The van der Waals surface area contributed by atoms with Crippen LogP contribution in [0.5, 0.6) is 0 Å². The summed E-state index contributed by atoms with van der Waals surface area (Å²) in [7, 11) is 0. The average Bonchev–Trinajstić information content (AvgIpc) is 3.96. The van der Waals surface area contributed by atoms with E-state index < -0.39 is 0 Å². The molecule has 79 heavy (non-hydrogen) atoms. The van der Waals surface area contributed by atoms with Crippen LogP contribution in [0.2, 0.25) is 0 Å². The molecule has 0 saturated carbocycles. The second-order valence-electron chi connectivity index (χ2n) is 24.2. The Balaban J connectivity index is 0.731. The highest BCUT2D eigenvalue weighted by molar-refractivity contribution is 5.90. The molecule has 0 heterocycles. The molecule has 13 rings (SSSR count). The molecule has 0 N–H and O–H groups in total. The van der Waals surface area contributed by atoms with Crippen LogP contribution in [0, 0.1) is 27.7 Å². The molecule has 0 bridgehead atoms. The minimum Gasteiger partial charge on any atom is -0.310 e.